The van der Waals surface area contributed by atoms with Crippen LogP contribution in [-0.4, -0.2) is 10.2 Å². The Morgan fingerprint density at radius 2 is 1.06 bits per heavy atom. The van der Waals surface area contributed by atoms with Gasteiger partial charge in [-0.25, -0.2) is 0 Å². The van der Waals surface area contributed by atoms with Gasteiger partial charge in [-0.1, -0.05) is 24.3 Å². The fourth-order valence-corrected chi connectivity index (χ4v) is 1.21. The number of para-hydroxylation sites is 2. The van der Waals surface area contributed by atoms with E-state index in [0.29, 0.717) is 11.4 Å². The molecule has 0 saturated carbocycles. The average Bonchev–Trinajstić information content (AvgIpc) is 2.42. The zero-order chi connectivity index (χ0) is 13.4. The molecule has 2 rings (SSSR count). The molecule has 0 unspecified atom stereocenters. The summed E-state index contributed by atoms with van der Waals surface area (Å²) < 4.78 is 8.19. The first-order valence-corrected chi connectivity index (χ1v) is 5.50. The van der Waals surface area contributed by atoms with Gasteiger partial charge in [0, 0.05) is 0 Å². The quantitative estimate of drug-likeness (QED) is 0.828. The van der Waals surface area contributed by atoms with Crippen molar-refractivity contribution in [3.8, 4) is 11.5 Å². The number of benzene rings is 2. The minimum atomic E-state index is 0.0571. The maximum atomic E-state index is 9.44. The van der Waals surface area contributed by atoms with Gasteiger partial charge in [0.2, 0.25) is 0 Å². The summed E-state index contributed by atoms with van der Waals surface area (Å²) in [5.41, 5.74) is 0.733. The topological polar surface area (TPSA) is 82.2 Å². The van der Waals surface area contributed by atoms with Crippen molar-refractivity contribution in [2.45, 2.75) is 0 Å². The summed E-state index contributed by atoms with van der Waals surface area (Å²) in [6, 6.07) is 13.2. The molecule has 0 amide bonds. The van der Waals surface area contributed by atoms with Crippen molar-refractivity contribution in [3.63, 3.8) is 0 Å². The Balaban J connectivity index is 0.000000771. The van der Waals surface area contributed by atoms with Crippen molar-refractivity contribution in [1.29, 1.82) is 0 Å². The Morgan fingerprint density at radius 1 is 0.722 bits per heavy atom. The summed E-state index contributed by atoms with van der Waals surface area (Å²) in [6.45, 7) is 0. The number of hydrogen-bond acceptors (Lipinski definition) is 5. The van der Waals surface area contributed by atoms with Crippen molar-refractivity contribution in [3.05, 3.63) is 48.5 Å². The molecule has 91 valence electrons. The van der Waals surface area contributed by atoms with Crippen LogP contribution in [0.4, 0.5) is 11.4 Å². The van der Waals surface area contributed by atoms with Gasteiger partial charge < -0.3 is 10.2 Å². The van der Waals surface area contributed by atoms with E-state index in [4.69, 9.17) is 3.67 Å². The molecule has 0 aliphatic heterocycles. The molecule has 0 atom stereocenters. The fourth-order valence-electron chi connectivity index (χ4n) is 1.21. The van der Waals surface area contributed by atoms with Crippen molar-refractivity contribution >= 4 is 11.4 Å². The third kappa shape index (κ3) is 3.80. The molecule has 0 heterocycles. The van der Waals surface area contributed by atoms with Crippen molar-refractivity contribution in [1.82, 2.24) is 0 Å². The number of phenolic OH excluding ortho intramolecular Hbond substituents is 2. The average molecular weight is 281 g/mol. The summed E-state index contributed by atoms with van der Waals surface area (Å²) in [4.78, 5) is 0. The second-order valence-corrected chi connectivity index (χ2v) is 3.18. The number of nitrogens with zero attached hydrogens (tertiary/aromatic N) is 2. The molecule has 2 aromatic rings. The Hall–Kier alpha value is -1.98. The first kappa shape index (κ1) is 14.1. The third-order valence-corrected chi connectivity index (χ3v) is 2.03. The number of azo groups is 1. The summed E-state index contributed by atoms with van der Waals surface area (Å²) in [5.74, 6) is 0.114. The third-order valence-electron chi connectivity index (χ3n) is 2.03. The van der Waals surface area contributed by atoms with Crippen LogP contribution in [0.1, 0.15) is 0 Å². The molecular weight excluding hydrogens is 271 g/mol. The number of hydrogen-bond donors (Lipinski definition) is 2. The minimum absolute atomic E-state index is 0.0571. The van der Waals surface area contributed by atoms with Gasteiger partial charge in [0.05, 0.1) is 0 Å². The molecule has 0 radical (unpaired) electrons. The fraction of sp³-hybridized carbons (Fsp3) is 0. The monoisotopic (exact) mass is 281 g/mol. The van der Waals surface area contributed by atoms with Crippen molar-refractivity contribution < 1.29 is 31.3 Å². The number of rotatable bonds is 2. The normalized spacial score (nSPS) is 9.72. The molecule has 0 saturated heterocycles. The van der Waals surface area contributed by atoms with Crippen LogP contribution in [0.15, 0.2) is 58.8 Å². The van der Waals surface area contributed by atoms with Crippen LogP contribution in [-0.2, 0) is 21.0 Å². The van der Waals surface area contributed by atoms with Gasteiger partial charge in [0.15, 0.2) is 0 Å². The van der Waals surface area contributed by atoms with E-state index in [1.165, 1.54) is 12.1 Å². The second-order valence-electron chi connectivity index (χ2n) is 3.18. The van der Waals surface area contributed by atoms with Gasteiger partial charge >= 0.3 is 21.0 Å². The Labute approximate surface area is 113 Å². The van der Waals surface area contributed by atoms with Crippen LogP contribution < -0.4 is 0 Å². The molecule has 0 aromatic heterocycles. The van der Waals surface area contributed by atoms with Gasteiger partial charge in [0.25, 0.3) is 0 Å². The first-order chi connectivity index (χ1) is 8.77. The summed E-state index contributed by atoms with van der Waals surface area (Å²) in [6.07, 6.45) is 0. The zero-order valence-corrected chi connectivity index (χ0v) is 10.7. The van der Waals surface area contributed by atoms with Gasteiger partial charge in [-0.05, 0) is 24.3 Å². The van der Waals surface area contributed by atoms with Gasteiger partial charge in [-0.2, -0.15) is 0 Å². The number of aromatic hydroxyl groups is 2. The first-order valence-electron chi connectivity index (χ1n) is 4.93. The van der Waals surface area contributed by atoms with Crippen LogP contribution in [0, 0.1) is 0 Å². The molecular formula is C12H10N2O3V. The molecule has 2 aromatic carbocycles. The Bertz CT molecular complexity index is 499. The van der Waals surface area contributed by atoms with Crippen LogP contribution >= 0.6 is 0 Å². The van der Waals surface area contributed by atoms with E-state index in [0.717, 1.165) is 17.4 Å². The van der Waals surface area contributed by atoms with Gasteiger partial charge in [-0.15, -0.1) is 10.2 Å². The van der Waals surface area contributed by atoms with Crippen molar-refractivity contribution in [2.24, 2.45) is 10.2 Å². The van der Waals surface area contributed by atoms with E-state index in [2.05, 4.69) is 10.2 Å². The molecule has 0 fully saturated rings. The Morgan fingerprint density at radius 3 is 1.39 bits per heavy atom. The zero-order valence-electron chi connectivity index (χ0n) is 9.26. The predicted octanol–water partition coefficient (Wildman–Crippen LogP) is 3.39. The molecule has 0 bridgehead atoms. The van der Waals surface area contributed by atoms with Gasteiger partial charge in [-0.3, -0.25) is 0 Å². The van der Waals surface area contributed by atoms with Crippen molar-refractivity contribution in [2.75, 3.05) is 0 Å². The maximum absolute atomic E-state index is 9.44. The van der Waals surface area contributed by atoms with E-state index >= 15 is 0 Å². The molecule has 2 N–H and O–H groups in total. The SMILES string of the molecule is Oc1ccccc1N=Nc1ccccc1O.[O]=[V]. The molecule has 0 aliphatic carbocycles. The Kier molecular flexibility index (Phi) is 5.77. The molecule has 18 heavy (non-hydrogen) atoms. The summed E-state index contributed by atoms with van der Waals surface area (Å²) >= 11 is 1.06. The number of phenols is 2. The predicted molar refractivity (Wildman–Crippen MR) is 61.1 cm³/mol. The molecule has 0 aliphatic rings. The van der Waals surface area contributed by atoms with Crippen LogP contribution in [0.3, 0.4) is 0 Å². The molecule has 6 heteroatoms. The van der Waals surface area contributed by atoms with E-state index in [9.17, 15) is 10.2 Å². The van der Waals surface area contributed by atoms with E-state index in [1.807, 2.05) is 0 Å². The van der Waals surface area contributed by atoms with E-state index in [1.54, 1.807) is 36.4 Å². The standard InChI is InChI=1S/C12H10N2O2.O.V/c15-11-7-3-1-5-9(11)13-14-10-6-2-4-8-12(10)16;;/h1-8,15-16H;;. The van der Waals surface area contributed by atoms with Crippen LogP contribution in [0.5, 0.6) is 11.5 Å². The second kappa shape index (κ2) is 7.37. The summed E-state index contributed by atoms with van der Waals surface area (Å²) in [5, 5.41) is 26.6. The van der Waals surface area contributed by atoms with Gasteiger partial charge in [0.1, 0.15) is 22.9 Å². The van der Waals surface area contributed by atoms with E-state index in [-0.39, 0.29) is 11.5 Å². The summed E-state index contributed by atoms with van der Waals surface area (Å²) in [7, 11) is 0. The van der Waals surface area contributed by atoms with E-state index < -0.39 is 0 Å². The molecule has 0 spiro atoms. The van der Waals surface area contributed by atoms with Crippen LogP contribution in [0.25, 0.3) is 0 Å². The molecule has 5 nitrogen and oxygen atoms in total. The van der Waals surface area contributed by atoms with Crippen LogP contribution in [0.2, 0.25) is 0 Å².